The molecule has 0 saturated carbocycles. The predicted octanol–water partition coefficient (Wildman–Crippen LogP) is 2.44. The molecule has 1 unspecified atom stereocenters. The number of nitrogens with two attached hydrogens (primary N) is 1. The van der Waals surface area contributed by atoms with Crippen LogP contribution in [0.3, 0.4) is 0 Å². The van der Waals surface area contributed by atoms with E-state index in [9.17, 15) is 4.79 Å². The Hall–Kier alpha value is -1.65. The minimum Gasteiger partial charge on any atom is -0.354 e. The molecule has 0 saturated heterocycles. The van der Waals surface area contributed by atoms with E-state index in [-0.39, 0.29) is 17.9 Å². The van der Waals surface area contributed by atoms with Crippen molar-refractivity contribution in [3.05, 3.63) is 57.8 Å². The molecule has 0 fully saturated rings. The van der Waals surface area contributed by atoms with Crippen LogP contribution in [0.2, 0.25) is 0 Å². The Morgan fingerprint density at radius 3 is 2.55 bits per heavy atom. The maximum atomic E-state index is 11.5. The third-order valence-electron chi connectivity index (χ3n) is 3.60. The molecule has 1 atom stereocenters. The van der Waals surface area contributed by atoms with Gasteiger partial charge in [-0.3, -0.25) is 4.79 Å². The molecule has 3 nitrogen and oxygen atoms in total. The monoisotopic (exact) mass is 288 g/mol. The lowest BCUT2D eigenvalue weighted by Crippen LogP contribution is -2.41. The quantitative estimate of drug-likeness (QED) is 0.888. The number of thiophene rings is 1. The van der Waals surface area contributed by atoms with Crippen molar-refractivity contribution in [1.29, 1.82) is 0 Å². The standard InChI is InChI=1S/C16H20N2OS/c1-12-8-9-20-15(12)16(2,11-18-14(19)10-17)13-6-4-3-5-7-13/h3-9H,10-11,17H2,1-2H3,(H,18,19). The van der Waals surface area contributed by atoms with Crippen LogP contribution in [0.5, 0.6) is 0 Å². The molecule has 0 spiro atoms. The number of carbonyl (C=O) groups excluding carboxylic acids is 1. The Labute approximate surface area is 123 Å². The summed E-state index contributed by atoms with van der Waals surface area (Å²) < 4.78 is 0. The highest BCUT2D eigenvalue weighted by atomic mass is 32.1. The highest BCUT2D eigenvalue weighted by molar-refractivity contribution is 7.10. The molecule has 2 rings (SSSR count). The van der Waals surface area contributed by atoms with Crippen molar-refractivity contribution in [2.75, 3.05) is 13.1 Å². The van der Waals surface area contributed by atoms with E-state index < -0.39 is 0 Å². The first-order chi connectivity index (χ1) is 9.58. The number of benzene rings is 1. The van der Waals surface area contributed by atoms with E-state index in [0.29, 0.717) is 6.54 Å². The molecule has 1 aromatic carbocycles. The van der Waals surface area contributed by atoms with Crippen molar-refractivity contribution < 1.29 is 4.79 Å². The number of hydrogen-bond donors (Lipinski definition) is 2. The zero-order valence-electron chi connectivity index (χ0n) is 11.8. The van der Waals surface area contributed by atoms with Crippen LogP contribution in [0.15, 0.2) is 41.8 Å². The van der Waals surface area contributed by atoms with Gasteiger partial charge in [-0.05, 0) is 36.4 Å². The Kier molecular flexibility index (Phi) is 4.57. The van der Waals surface area contributed by atoms with Crippen LogP contribution in [0, 0.1) is 6.92 Å². The van der Waals surface area contributed by atoms with Crippen molar-refractivity contribution >= 4 is 17.2 Å². The maximum absolute atomic E-state index is 11.5. The SMILES string of the molecule is Cc1ccsc1C(C)(CNC(=O)CN)c1ccccc1. The molecular weight excluding hydrogens is 268 g/mol. The van der Waals surface area contributed by atoms with Crippen molar-refractivity contribution in [2.45, 2.75) is 19.3 Å². The molecule has 1 amide bonds. The normalized spacial score (nSPS) is 13.8. The summed E-state index contributed by atoms with van der Waals surface area (Å²) in [4.78, 5) is 12.8. The Morgan fingerprint density at radius 1 is 1.30 bits per heavy atom. The van der Waals surface area contributed by atoms with Gasteiger partial charge in [0, 0.05) is 16.8 Å². The first-order valence-corrected chi connectivity index (χ1v) is 7.53. The van der Waals surface area contributed by atoms with E-state index >= 15 is 0 Å². The molecular formula is C16H20N2OS. The molecule has 0 bridgehead atoms. The molecule has 4 heteroatoms. The molecule has 3 N–H and O–H groups in total. The minimum atomic E-state index is -0.232. The fourth-order valence-electron chi connectivity index (χ4n) is 2.40. The van der Waals surface area contributed by atoms with E-state index in [1.807, 2.05) is 18.2 Å². The van der Waals surface area contributed by atoms with E-state index in [1.54, 1.807) is 11.3 Å². The molecule has 0 aliphatic heterocycles. The lowest BCUT2D eigenvalue weighted by molar-refractivity contribution is -0.119. The van der Waals surface area contributed by atoms with Gasteiger partial charge in [0.15, 0.2) is 0 Å². The van der Waals surface area contributed by atoms with Crippen LogP contribution in [-0.4, -0.2) is 19.0 Å². The average Bonchev–Trinajstić information content (AvgIpc) is 2.92. The molecule has 2 aromatic rings. The largest absolute Gasteiger partial charge is 0.354 e. The van der Waals surface area contributed by atoms with Crippen LogP contribution in [0.1, 0.15) is 22.9 Å². The predicted molar refractivity (Wildman–Crippen MR) is 84.0 cm³/mol. The number of nitrogens with one attached hydrogen (secondary N) is 1. The highest BCUT2D eigenvalue weighted by Crippen LogP contribution is 2.36. The third kappa shape index (κ3) is 2.92. The third-order valence-corrected chi connectivity index (χ3v) is 4.88. The van der Waals surface area contributed by atoms with Gasteiger partial charge in [-0.15, -0.1) is 11.3 Å². The summed E-state index contributed by atoms with van der Waals surface area (Å²) in [5.74, 6) is -0.124. The molecule has 0 aliphatic rings. The van der Waals surface area contributed by atoms with Gasteiger partial charge in [-0.1, -0.05) is 30.3 Å². The molecule has 1 aromatic heterocycles. The number of carbonyl (C=O) groups is 1. The first kappa shape index (κ1) is 14.8. The summed E-state index contributed by atoms with van der Waals surface area (Å²) in [5, 5.41) is 5.02. The van der Waals surface area contributed by atoms with Gasteiger partial charge < -0.3 is 11.1 Å². The second kappa shape index (κ2) is 6.20. The lowest BCUT2D eigenvalue weighted by atomic mass is 9.79. The summed E-state index contributed by atoms with van der Waals surface area (Å²) in [5.41, 5.74) is 7.60. The molecule has 1 heterocycles. The first-order valence-electron chi connectivity index (χ1n) is 6.65. The van der Waals surface area contributed by atoms with Crippen LogP contribution in [0.4, 0.5) is 0 Å². The fraction of sp³-hybridized carbons (Fsp3) is 0.312. The van der Waals surface area contributed by atoms with Gasteiger partial charge in [0.2, 0.25) is 5.91 Å². The molecule has 20 heavy (non-hydrogen) atoms. The van der Waals surface area contributed by atoms with Crippen LogP contribution < -0.4 is 11.1 Å². The Morgan fingerprint density at radius 2 is 2.00 bits per heavy atom. The maximum Gasteiger partial charge on any atom is 0.233 e. The Bertz CT molecular complexity index is 579. The van der Waals surface area contributed by atoms with Gasteiger partial charge in [-0.25, -0.2) is 0 Å². The van der Waals surface area contributed by atoms with Crippen molar-refractivity contribution in [3.8, 4) is 0 Å². The van der Waals surface area contributed by atoms with Crippen molar-refractivity contribution in [1.82, 2.24) is 5.32 Å². The second-order valence-electron chi connectivity index (χ2n) is 5.11. The fourth-order valence-corrected chi connectivity index (χ4v) is 3.52. The van der Waals surface area contributed by atoms with Crippen LogP contribution in [0.25, 0.3) is 0 Å². The van der Waals surface area contributed by atoms with Crippen molar-refractivity contribution in [3.63, 3.8) is 0 Å². The second-order valence-corrected chi connectivity index (χ2v) is 6.03. The van der Waals surface area contributed by atoms with Gasteiger partial charge in [-0.2, -0.15) is 0 Å². The summed E-state index contributed by atoms with van der Waals surface area (Å²) in [6.45, 7) is 4.85. The number of hydrogen-bond acceptors (Lipinski definition) is 3. The van der Waals surface area contributed by atoms with Gasteiger partial charge in [0.1, 0.15) is 0 Å². The summed E-state index contributed by atoms with van der Waals surface area (Å²) in [7, 11) is 0. The smallest absolute Gasteiger partial charge is 0.233 e. The Balaban J connectivity index is 2.39. The summed E-state index contributed by atoms with van der Waals surface area (Å²) in [6.07, 6.45) is 0. The number of amides is 1. The molecule has 106 valence electrons. The van der Waals surface area contributed by atoms with Gasteiger partial charge in [0.05, 0.1) is 6.54 Å². The average molecular weight is 288 g/mol. The van der Waals surface area contributed by atoms with E-state index in [0.717, 1.165) is 0 Å². The van der Waals surface area contributed by atoms with Crippen LogP contribution >= 0.6 is 11.3 Å². The molecule has 0 aliphatic carbocycles. The number of rotatable bonds is 5. The van der Waals surface area contributed by atoms with Crippen molar-refractivity contribution in [2.24, 2.45) is 5.73 Å². The zero-order chi connectivity index (χ0) is 14.6. The number of aryl methyl sites for hydroxylation is 1. The highest BCUT2D eigenvalue weighted by Gasteiger charge is 2.31. The van der Waals surface area contributed by atoms with E-state index in [2.05, 4.69) is 42.7 Å². The van der Waals surface area contributed by atoms with E-state index in [1.165, 1.54) is 16.0 Å². The zero-order valence-corrected chi connectivity index (χ0v) is 12.7. The van der Waals surface area contributed by atoms with Gasteiger partial charge >= 0.3 is 0 Å². The van der Waals surface area contributed by atoms with Gasteiger partial charge in [0.25, 0.3) is 0 Å². The minimum absolute atomic E-state index is 0.0221. The topological polar surface area (TPSA) is 55.1 Å². The lowest BCUT2D eigenvalue weighted by Gasteiger charge is -2.30. The summed E-state index contributed by atoms with van der Waals surface area (Å²) >= 11 is 1.73. The van der Waals surface area contributed by atoms with E-state index in [4.69, 9.17) is 5.73 Å². The molecule has 0 radical (unpaired) electrons. The van der Waals surface area contributed by atoms with Crippen LogP contribution in [-0.2, 0) is 10.2 Å². The summed E-state index contributed by atoms with van der Waals surface area (Å²) in [6, 6.07) is 12.4.